The number of nitrogens with one attached hydrogen (secondary N) is 1. The first kappa shape index (κ1) is 16.5. The molecule has 4 rings (SSSR count). The number of fused-ring (bicyclic) bond motifs is 3. The van der Waals surface area contributed by atoms with Crippen molar-refractivity contribution < 1.29 is 14.6 Å². The van der Waals surface area contributed by atoms with Crippen LogP contribution in [-0.2, 0) is 0 Å². The summed E-state index contributed by atoms with van der Waals surface area (Å²) >= 11 is 0. The average Bonchev–Trinajstić information content (AvgIpc) is 3.15. The zero-order valence-corrected chi connectivity index (χ0v) is 14.4. The van der Waals surface area contributed by atoms with Crippen molar-refractivity contribution in [1.29, 1.82) is 0 Å². The molecule has 132 valence electrons. The first-order chi connectivity index (χ1) is 12.7. The molecule has 4 heteroatoms. The van der Waals surface area contributed by atoms with E-state index in [0.717, 1.165) is 29.0 Å². The number of hydrogen-bond donors (Lipinski definition) is 2. The van der Waals surface area contributed by atoms with Gasteiger partial charge >= 0.3 is 5.97 Å². The van der Waals surface area contributed by atoms with E-state index in [9.17, 15) is 9.90 Å². The summed E-state index contributed by atoms with van der Waals surface area (Å²) in [6.07, 6.45) is 7.10. The van der Waals surface area contributed by atoms with Crippen molar-refractivity contribution in [1.82, 2.24) is 0 Å². The van der Waals surface area contributed by atoms with Crippen molar-refractivity contribution in [2.45, 2.75) is 18.4 Å². The predicted molar refractivity (Wildman–Crippen MR) is 102 cm³/mol. The fraction of sp³-hybridized carbons (Fsp3) is 0.227. The molecular formula is C22H21NO3. The van der Waals surface area contributed by atoms with Crippen molar-refractivity contribution >= 4 is 11.7 Å². The van der Waals surface area contributed by atoms with E-state index in [1.165, 1.54) is 0 Å². The normalized spacial score (nSPS) is 22.8. The topological polar surface area (TPSA) is 58.6 Å². The maximum absolute atomic E-state index is 11.3. The second-order valence-electron chi connectivity index (χ2n) is 6.72. The highest BCUT2D eigenvalue weighted by Gasteiger charge is 2.39. The van der Waals surface area contributed by atoms with E-state index in [4.69, 9.17) is 4.74 Å². The third-order valence-electron chi connectivity index (χ3n) is 5.22. The number of carboxylic acids is 1. The van der Waals surface area contributed by atoms with E-state index in [1.54, 1.807) is 18.2 Å². The van der Waals surface area contributed by atoms with E-state index in [0.29, 0.717) is 18.1 Å². The van der Waals surface area contributed by atoms with Gasteiger partial charge in [0, 0.05) is 17.2 Å². The lowest BCUT2D eigenvalue weighted by Gasteiger charge is -2.38. The van der Waals surface area contributed by atoms with Gasteiger partial charge in [0.2, 0.25) is 0 Å². The molecule has 26 heavy (non-hydrogen) atoms. The molecule has 2 aromatic carbocycles. The standard InChI is InChI=1S/C22H21NO3/c1-2-12-26-20-9-4-3-6-17(20)21-16-8-5-7-15(16)18-13-14(22(24)25)10-11-19(18)23-21/h2-7,9-11,13,15-16,21,23H,1,8,12H2,(H,24,25)/t15-,16-,21+/m0/s1. The molecule has 1 aliphatic carbocycles. The van der Waals surface area contributed by atoms with Gasteiger partial charge in [-0.1, -0.05) is 43.0 Å². The number of aromatic carboxylic acids is 1. The number of carboxylic acid groups (broad SMARTS) is 1. The molecular weight excluding hydrogens is 326 g/mol. The van der Waals surface area contributed by atoms with Crippen LogP contribution in [0.2, 0.25) is 0 Å². The molecule has 0 spiro atoms. The van der Waals surface area contributed by atoms with Crippen LogP contribution in [0.15, 0.2) is 67.3 Å². The number of hydrogen-bond acceptors (Lipinski definition) is 3. The van der Waals surface area contributed by atoms with Gasteiger partial charge in [0.25, 0.3) is 0 Å². The van der Waals surface area contributed by atoms with Crippen LogP contribution in [0.5, 0.6) is 5.75 Å². The third-order valence-corrected chi connectivity index (χ3v) is 5.22. The maximum atomic E-state index is 11.3. The van der Waals surface area contributed by atoms with Gasteiger partial charge in [-0.2, -0.15) is 0 Å². The van der Waals surface area contributed by atoms with Crippen LogP contribution in [0.1, 0.15) is 39.9 Å². The quantitative estimate of drug-likeness (QED) is 0.765. The van der Waals surface area contributed by atoms with Crippen LogP contribution in [0.25, 0.3) is 0 Å². The Morgan fingerprint density at radius 1 is 1.27 bits per heavy atom. The first-order valence-corrected chi connectivity index (χ1v) is 8.82. The molecule has 2 aliphatic rings. The first-order valence-electron chi connectivity index (χ1n) is 8.82. The molecule has 0 radical (unpaired) electrons. The Morgan fingerprint density at radius 2 is 2.12 bits per heavy atom. The van der Waals surface area contributed by atoms with Crippen LogP contribution < -0.4 is 10.1 Å². The lowest BCUT2D eigenvalue weighted by molar-refractivity contribution is 0.0696. The average molecular weight is 347 g/mol. The summed E-state index contributed by atoms with van der Waals surface area (Å²) in [5.74, 6) is 0.515. The van der Waals surface area contributed by atoms with Gasteiger partial charge in [-0.15, -0.1) is 0 Å². The number of rotatable bonds is 5. The second-order valence-corrected chi connectivity index (χ2v) is 6.72. The lowest BCUT2D eigenvalue weighted by Crippen LogP contribution is -2.29. The molecule has 0 saturated carbocycles. The van der Waals surface area contributed by atoms with Gasteiger partial charge in [0.15, 0.2) is 0 Å². The Kier molecular flexibility index (Phi) is 4.25. The number of ether oxygens (including phenoxy) is 1. The van der Waals surface area contributed by atoms with E-state index >= 15 is 0 Å². The molecule has 2 aromatic rings. The smallest absolute Gasteiger partial charge is 0.335 e. The summed E-state index contributed by atoms with van der Waals surface area (Å²) in [7, 11) is 0. The summed E-state index contributed by atoms with van der Waals surface area (Å²) in [6, 6.07) is 13.5. The molecule has 2 N–H and O–H groups in total. The van der Waals surface area contributed by atoms with E-state index < -0.39 is 5.97 Å². The minimum Gasteiger partial charge on any atom is -0.489 e. The highest BCUT2D eigenvalue weighted by Crippen LogP contribution is 2.51. The Morgan fingerprint density at radius 3 is 2.92 bits per heavy atom. The largest absolute Gasteiger partial charge is 0.489 e. The van der Waals surface area contributed by atoms with Gasteiger partial charge in [0.1, 0.15) is 12.4 Å². The van der Waals surface area contributed by atoms with Crippen LogP contribution in [0, 0.1) is 5.92 Å². The number of carbonyl (C=O) groups is 1. The maximum Gasteiger partial charge on any atom is 0.335 e. The molecule has 0 unspecified atom stereocenters. The fourth-order valence-corrected chi connectivity index (χ4v) is 4.05. The molecule has 1 heterocycles. The minimum atomic E-state index is -0.892. The Hall–Kier alpha value is -3.01. The molecule has 0 saturated heterocycles. The molecule has 1 aliphatic heterocycles. The van der Waals surface area contributed by atoms with Crippen LogP contribution in [-0.4, -0.2) is 17.7 Å². The van der Waals surface area contributed by atoms with Gasteiger partial charge in [-0.3, -0.25) is 0 Å². The van der Waals surface area contributed by atoms with Crippen molar-refractivity contribution in [3.05, 3.63) is 84.0 Å². The predicted octanol–water partition coefficient (Wildman–Crippen LogP) is 4.78. The van der Waals surface area contributed by atoms with Crippen molar-refractivity contribution in [2.75, 3.05) is 11.9 Å². The van der Waals surface area contributed by atoms with Crippen molar-refractivity contribution in [3.8, 4) is 5.75 Å². The van der Waals surface area contributed by atoms with Crippen LogP contribution in [0.4, 0.5) is 5.69 Å². The summed E-state index contributed by atoms with van der Waals surface area (Å²) < 4.78 is 5.87. The summed E-state index contributed by atoms with van der Waals surface area (Å²) in [5, 5.41) is 12.9. The van der Waals surface area contributed by atoms with Gasteiger partial charge < -0.3 is 15.2 Å². The summed E-state index contributed by atoms with van der Waals surface area (Å²) in [6.45, 7) is 4.19. The molecule has 0 aromatic heterocycles. The second kappa shape index (κ2) is 6.71. The number of benzene rings is 2. The number of anilines is 1. The molecule has 4 nitrogen and oxygen atoms in total. The fourth-order valence-electron chi connectivity index (χ4n) is 4.05. The number of para-hydroxylation sites is 1. The monoisotopic (exact) mass is 347 g/mol. The van der Waals surface area contributed by atoms with Crippen molar-refractivity contribution in [3.63, 3.8) is 0 Å². The third kappa shape index (κ3) is 2.77. The lowest BCUT2D eigenvalue weighted by atomic mass is 9.76. The molecule has 0 bridgehead atoms. The zero-order valence-electron chi connectivity index (χ0n) is 14.4. The zero-order chi connectivity index (χ0) is 18.1. The Balaban J connectivity index is 1.75. The highest BCUT2D eigenvalue weighted by molar-refractivity contribution is 5.89. The molecule has 0 fully saturated rings. The molecule has 0 amide bonds. The highest BCUT2D eigenvalue weighted by atomic mass is 16.5. The van der Waals surface area contributed by atoms with Crippen molar-refractivity contribution in [2.24, 2.45) is 5.92 Å². The van der Waals surface area contributed by atoms with Crippen LogP contribution in [0.3, 0.4) is 0 Å². The minimum absolute atomic E-state index is 0.110. The van der Waals surface area contributed by atoms with E-state index in [-0.39, 0.29) is 12.0 Å². The molecule has 3 atom stereocenters. The van der Waals surface area contributed by atoms with Crippen LogP contribution >= 0.6 is 0 Å². The Labute approximate surface area is 152 Å². The van der Waals surface area contributed by atoms with Gasteiger partial charge in [-0.05, 0) is 42.2 Å². The van der Waals surface area contributed by atoms with E-state index in [1.807, 2.05) is 24.3 Å². The van der Waals surface area contributed by atoms with E-state index in [2.05, 4.69) is 30.1 Å². The number of allylic oxidation sites excluding steroid dienone is 2. The Bertz CT molecular complexity index is 887. The summed E-state index contributed by atoms with van der Waals surface area (Å²) in [4.78, 5) is 11.3. The SMILES string of the molecule is C=CCOc1ccccc1[C@@H]1Nc2ccc(C(=O)O)cc2[C@H]2C=CC[C@@H]21. The summed E-state index contributed by atoms with van der Waals surface area (Å²) in [5.41, 5.74) is 3.51. The van der Waals surface area contributed by atoms with Gasteiger partial charge in [0.05, 0.1) is 11.6 Å². The van der Waals surface area contributed by atoms with Gasteiger partial charge in [-0.25, -0.2) is 4.79 Å².